The first-order valence-corrected chi connectivity index (χ1v) is 14.8. The van der Waals surface area contributed by atoms with E-state index < -0.39 is 42.1 Å². The summed E-state index contributed by atoms with van der Waals surface area (Å²) in [6.07, 6.45) is 6.92. The number of aromatic nitrogens is 1. The van der Waals surface area contributed by atoms with E-state index in [1.807, 2.05) is 30.5 Å². The first kappa shape index (κ1) is 33.2. The zero-order valence-electron chi connectivity index (χ0n) is 25.5. The normalized spacial score (nSPS) is 20.2. The monoisotopic (exact) mass is 596 g/mol. The van der Waals surface area contributed by atoms with Crippen molar-refractivity contribution >= 4 is 40.6 Å². The molecule has 12 nitrogen and oxygen atoms in total. The standard InChI is InChI=1S/C31H44N6O6/c1-18(2)26(36-31(42)37-27(19(3)4)30(41)43-5)29(40)35-24-12-8-9-15-32-25(38)14-13-21(34-28(24)39)16-20-17-33-23-11-7-6-10-22(20)23/h6-7,10-11,13-14,17-19,21,24,26-27,33H,8-9,12,15-16H2,1-5H3,(H,32,38)(H,34,39)(H,35,40)(H2,36,37,42)/b14-13+/t21-,24+,26+,27?/m1/s1. The summed E-state index contributed by atoms with van der Waals surface area (Å²) < 4.78 is 4.78. The number of benzene rings is 1. The van der Waals surface area contributed by atoms with Gasteiger partial charge in [-0.15, -0.1) is 0 Å². The van der Waals surface area contributed by atoms with Crippen LogP contribution in [0.25, 0.3) is 10.9 Å². The molecule has 1 unspecified atom stereocenters. The van der Waals surface area contributed by atoms with E-state index in [2.05, 4.69) is 31.6 Å². The summed E-state index contributed by atoms with van der Waals surface area (Å²) in [5, 5.41) is 14.9. The molecule has 6 N–H and O–H groups in total. The highest BCUT2D eigenvalue weighted by atomic mass is 16.5. The minimum atomic E-state index is -0.971. The van der Waals surface area contributed by atoms with Gasteiger partial charge in [0.05, 0.1) is 13.2 Å². The molecule has 0 spiro atoms. The van der Waals surface area contributed by atoms with Gasteiger partial charge in [-0.25, -0.2) is 9.59 Å². The van der Waals surface area contributed by atoms with Crippen molar-refractivity contribution in [3.05, 3.63) is 48.2 Å². The number of nitrogens with one attached hydrogen (secondary N) is 6. The largest absolute Gasteiger partial charge is 0.467 e. The van der Waals surface area contributed by atoms with Crippen molar-refractivity contribution in [3.63, 3.8) is 0 Å². The molecule has 1 aromatic carbocycles. The molecule has 2 heterocycles. The number of ether oxygens (including phenoxy) is 1. The fraction of sp³-hybridized carbons (Fsp3) is 0.516. The van der Waals surface area contributed by atoms with Crippen LogP contribution < -0.4 is 26.6 Å². The van der Waals surface area contributed by atoms with Crippen LogP contribution in [0.15, 0.2) is 42.6 Å². The van der Waals surface area contributed by atoms with Gasteiger partial charge in [-0.2, -0.15) is 0 Å². The number of carbonyl (C=O) groups is 5. The summed E-state index contributed by atoms with van der Waals surface area (Å²) in [6.45, 7) is 7.52. The molecular weight excluding hydrogens is 552 g/mol. The lowest BCUT2D eigenvalue weighted by molar-refractivity contribution is -0.144. The van der Waals surface area contributed by atoms with Crippen molar-refractivity contribution in [1.29, 1.82) is 0 Å². The molecule has 0 radical (unpaired) electrons. The molecule has 0 saturated carbocycles. The van der Waals surface area contributed by atoms with Crippen LogP contribution in [-0.2, 0) is 30.3 Å². The van der Waals surface area contributed by atoms with Crippen LogP contribution in [0.2, 0.25) is 0 Å². The van der Waals surface area contributed by atoms with E-state index >= 15 is 0 Å². The van der Waals surface area contributed by atoms with Gasteiger partial charge in [-0.05, 0) is 49.1 Å². The number of H-pyrrole nitrogens is 1. The smallest absolute Gasteiger partial charge is 0.328 e. The Morgan fingerprint density at radius 2 is 1.70 bits per heavy atom. The molecule has 0 aliphatic carbocycles. The van der Waals surface area contributed by atoms with Crippen molar-refractivity contribution in [1.82, 2.24) is 31.6 Å². The van der Waals surface area contributed by atoms with Crippen molar-refractivity contribution in [2.45, 2.75) is 77.5 Å². The minimum Gasteiger partial charge on any atom is -0.467 e. The quantitative estimate of drug-likeness (QED) is 0.242. The molecule has 12 heteroatoms. The number of fused-ring (bicyclic) bond motifs is 1. The van der Waals surface area contributed by atoms with Crippen LogP contribution in [0.5, 0.6) is 0 Å². The third kappa shape index (κ3) is 9.59. The zero-order chi connectivity index (χ0) is 31.5. The van der Waals surface area contributed by atoms with Gasteiger partial charge in [0, 0.05) is 29.7 Å². The first-order valence-electron chi connectivity index (χ1n) is 14.8. The van der Waals surface area contributed by atoms with E-state index in [0.29, 0.717) is 32.2 Å². The van der Waals surface area contributed by atoms with Crippen LogP contribution in [0, 0.1) is 11.8 Å². The number of para-hydroxylation sites is 1. The van der Waals surface area contributed by atoms with Crippen LogP contribution in [-0.4, -0.2) is 72.5 Å². The molecule has 0 bridgehead atoms. The average Bonchev–Trinajstić information content (AvgIpc) is 3.37. The highest BCUT2D eigenvalue weighted by Gasteiger charge is 2.31. The molecule has 0 fully saturated rings. The predicted molar refractivity (Wildman–Crippen MR) is 163 cm³/mol. The van der Waals surface area contributed by atoms with E-state index in [-0.39, 0.29) is 23.7 Å². The van der Waals surface area contributed by atoms with Crippen molar-refractivity contribution in [2.75, 3.05) is 13.7 Å². The molecule has 5 amide bonds. The van der Waals surface area contributed by atoms with Gasteiger partial charge >= 0.3 is 12.0 Å². The van der Waals surface area contributed by atoms with E-state index in [4.69, 9.17) is 4.74 Å². The number of amides is 5. The number of carbonyl (C=O) groups excluding carboxylic acids is 5. The fourth-order valence-corrected chi connectivity index (χ4v) is 4.95. The van der Waals surface area contributed by atoms with Crippen LogP contribution in [0.3, 0.4) is 0 Å². The Bertz CT molecular complexity index is 1320. The molecule has 1 aromatic heterocycles. The average molecular weight is 597 g/mol. The van der Waals surface area contributed by atoms with E-state index in [1.165, 1.54) is 13.2 Å². The maximum atomic E-state index is 13.6. The lowest BCUT2D eigenvalue weighted by Gasteiger charge is -2.27. The molecule has 43 heavy (non-hydrogen) atoms. The number of esters is 1. The van der Waals surface area contributed by atoms with Gasteiger partial charge in [-0.1, -0.05) is 52.0 Å². The Hall–Kier alpha value is -4.35. The summed E-state index contributed by atoms with van der Waals surface area (Å²) >= 11 is 0. The molecule has 3 rings (SSSR count). The second-order valence-electron chi connectivity index (χ2n) is 11.5. The summed E-state index contributed by atoms with van der Waals surface area (Å²) in [4.78, 5) is 67.4. The van der Waals surface area contributed by atoms with E-state index in [1.54, 1.807) is 33.8 Å². The van der Waals surface area contributed by atoms with Crippen molar-refractivity contribution in [3.8, 4) is 0 Å². The van der Waals surface area contributed by atoms with E-state index in [0.717, 1.165) is 16.5 Å². The maximum Gasteiger partial charge on any atom is 0.328 e. The zero-order valence-corrected chi connectivity index (χ0v) is 25.5. The lowest BCUT2D eigenvalue weighted by Crippen LogP contribution is -2.59. The maximum absolute atomic E-state index is 13.6. The van der Waals surface area contributed by atoms with Crippen LogP contribution in [0.4, 0.5) is 4.79 Å². The SMILES string of the molecule is COC(=O)C(NC(=O)N[C@H](C(=O)N[C@H]1CCCCNC(=O)/C=C/[C@H](Cc2c[nH]c3ccccc23)NC1=O)C(C)C)C(C)C. The number of aromatic amines is 1. The molecular formula is C31H44N6O6. The molecule has 4 atom stereocenters. The highest BCUT2D eigenvalue weighted by molar-refractivity contribution is 5.93. The van der Waals surface area contributed by atoms with Gasteiger partial charge in [0.15, 0.2) is 0 Å². The first-order chi connectivity index (χ1) is 20.5. The third-order valence-corrected chi connectivity index (χ3v) is 7.42. The predicted octanol–water partition coefficient (Wildman–Crippen LogP) is 2.06. The van der Waals surface area contributed by atoms with Gasteiger partial charge in [0.25, 0.3) is 0 Å². The van der Waals surface area contributed by atoms with Gasteiger partial charge in [0.2, 0.25) is 17.7 Å². The molecule has 2 aromatic rings. The highest BCUT2D eigenvalue weighted by Crippen LogP contribution is 2.20. The number of hydrogen-bond acceptors (Lipinski definition) is 6. The lowest BCUT2D eigenvalue weighted by atomic mass is 10.0. The Morgan fingerprint density at radius 1 is 1.00 bits per heavy atom. The van der Waals surface area contributed by atoms with Crippen molar-refractivity contribution < 1.29 is 28.7 Å². The minimum absolute atomic E-state index is 0.236. The number of urea groups is 1. The summed E-state index contributed by atoms with van der Waals surface area (Å²) in [6, 6.07) is 3.88. The third-order valence-electron chi connectivity index (χ3n) is 7.42. The van der Waals surface area contributed by atoms with Crippen LogP contribution >= 0.6 is 0 Å². The van der Waals surface area contributed by atoms with E-state index in [9.17, 15) is 24.0 Å². The van der Waals surface area contributed by atoms with Crippen LogP contribution in [0.1, 0.15) is 52.5 Å². The molecule has 0 saturated heterocycles. The Kier molecular flexibility index (Phi) is 12.2. The topological polar surface area (TPSA) is 171 Å². The van der Waals surface area contributed by atoms with Gasteiger partial charge in [-0.3, -0.25) is 14.4 Å². The summed E-state index contributed by atoms with van der Waals surface area (Å²) in [7, 11) is 1.24. The van der Waals surface area contributed by atoms with Gasteiger partial charge < -0.3 is 36.3 Å². The number of rotatable bonds is 9. The second-order valence-corrected chi connectivity index (χ2v) is 11.5. The van der Waals surface area contributed by atoms with Crippen molar-refractivity contribution in [2.24, 2.45) is 11.8 Å². The number of hydrogen-bond donors (Lipinski definition) is 6. The molecule has 234 valence electrons. The summed E-state index contributed by atoms with van der Waals surface area (Å²) in [5.74, 6) is -2.29. The Balaban J connectivity index is 1.75. The van der Waals surface area contributed by atoms with Gasteiger partial charge in [0.1, 0.15) is 18.1 Å². The summed E-state index contributed by atoms with van der Waals surface area (Å²) in [5.41, 5.74) is 1.94. The molecule has 1 aliphatic rings. The fourth-order valence-electron chi connectivity index (χ4n) is 4.95. The molecule has 1 aliphatic heterocycles. The second kappa shape index (κ2) is 15.8. The Labute approximate surface area is 252 Å². The Morgan fingerprint density at radius 3 is 2.40 bits per heavy atom. The number of methoxy groups -OCH3 is 1.